The third kappa shape index (κ3) is 5.34. The number of piperidine rings is 1. The Bertz CT molecular complexity index is 874. The smallest absolute Gasteiger partial charge is 0.234 e. The van der Waals surface area contributed by atoms with Crippen LogP contribution in [0, 0.1) is 11.2 Å². The summed E-state index contributed by atoms with van der Waals surface area (Å²) in [6.07, 6.45) is 6.38. The third-order valence-electron chi connectivity index (χ3n) is 6.89. The number of hydrogen-bond donors (Lipinski definition) is 2. The maximum absolute atomic E-state index is 13.4. The summed E-state index contributed by atoms with van der Waals surface area (Å²) in [5, 5.41) is 13.5. The van der Waals surface area contributed by atoms with E-state index in [0.29, 0.717) is 38.2 Å². The zero-order valence-electron chi connectivity index (χ0n) is 17.5. The Morgan fingerprint density at radius 2 is 2.16 bits per heavy atom. The molecule has 2 N–H and O–H groups in total. The number of ketones is 1. The normalized spacial score (nSPS) is 25.0. The van der Waals surface area contributed by atoms with E-state index in [-0.39, 0.29) is 28.2 Å². The van der Waals surface area contributed by atoms with Gasteiger partial charge in [0.2, 0.25) is 5.91 Å². The largest absolute Gasteiger partial charge is 0.391 e. The van der Waals surface area contributed by atoms with Gasteiger partial charge in [-0.2, -0.15) is 0 Å². The molecule has 8 heteroatoms. The van der Waals surface area contributed by atoms with Crippen molar-refractivity contribution in [3.63, 3.8) is 0 Å². The summed E-state index contributed by atoms with van der Waals surface area (Å²) in [6.45, 7) is 3.64. The molecule has 1 amide bonds. The average molecular weight is 450 g/mol. The minimum Gasteiger partial charge on any atom is -0.391 e. The third-order valence-corrected chi connectivity index (χ3v) is 7.18. The summed E-state index contributed by atoms with van der Waals surface area (Å²) in [6, 6.07) is 3.97. The fourth-order valence-corrected chi connectivity index (χ4v) is 4.85. The molecule has 31 heavy (non-hydrogen) atoms. The highest BCUT2D eigenvalue weighted by Gasteiger charge is 2.52. The Kier molecular flexibility index (Phi) is 6.77. The van der Waals surface area contributed by atoms with Gasteiger partial charge in [0.25, 0.3) is 0 Å². The molecule has 168 valence electrons. The molecule has 0 radical (unpaired) electrons. The molecular weight excluding hydrogens is 421 g/mol. The first-order chi connectivity index (χ1) is 14.9. The van der Waals surface area contributed by atoms with E-state index in [1.165, 1.54) is 18.2 Å². The number of β-amino-alcohol motifs (C(OH)–C–C–N with tert-alkyl or cyclic N) is 1. The summed E-state index contributed by atoms with van der Waals surface area (Å²) in [4.78, 5) is 29.0. The summed E-state index contributed by atoms with van der Waals surface area (Å²) < 4.78 is 13.4. The molecule has 1 unspecified atom stereocenters. The standard InChI is InChI=1S/C23H29ClFN3O3/c24-17-13-16(1-3-18(17)25)2-4-20(29)19(5-10-27-12-9-26-22(31)15-27)28-11-8-23(6-7-23)21(30)14-28/h1-4,13,19,21,30H,5-12,14-15H2,(H,26,31)/b4-2+/t19?,21-/m1/s1. The van der Waals surface area contributed by atoms with Gasteiger partial charge in [-0.05, 0) is 61.4 Å². The molecule has 2 heterocycles. The molecule has 3 fully saturated rings. The van der Waals surface area contributed by atoms with Crippen molar-refractivity contribution in [1.29, 1.82) is 0 Å². The second-order valence-electron chi connectivity index (χ2n) is 8.96. The first-order valence-electron chi connectivity index (χ1n) is 10.9. The van der Waals surface area contributed by atoms with E-state index >= 15 is 0 Å². The van der Waals surface area contributed by atoms with Crippen molar-refractivity contribution >= 4 is 29.4 Å². The first-order valence-corrected chi connectivity index (χ1v) is 11.3. The van der Waals surface area contributed by atoms with Crippen LogP contribution >= 0.6 is 11.6 Å². The van der Waals surface area contributed by atoms with Crippen LogP contribution < -0.4 is 5.32 Å². The predicted molar refractivity (Wildman–Crippen MR) is 117 cm³/mol. The van der Waals surface area contributed by atoms with Crippen LogP contribution in [0.3, 0.4) is 0 Å². The molecule has 2 atom stereocenters. The zero-order valence-corrected chi connectivity index (χ0v) is 18.3. The van der Waals surface area contributed by atoms with Gasteiger partial charge < -0.3 is 10.4 Å². The Hall–Kier alpha value is -1.80. The maximum Gasteiger partial charge on any atom is 0.234 e. The number of aliphatic hydroxyl groups is 1. The highest BCUT2D eigenvalue weighted by molar-refractivity contribution is 6.30. The monoisotopic (exact) mass is 449 g/mol. The molecule has 6 nitrogen and oxygen atoms in total. The van der Waals surface area contributed by atoms with Gasteiger partial charge >= 0.3 is 0 Å². The van der Waals surface area contributed by atoms with Crippen molar-refractivity contribution in [2.75, 3.05) is 39.3 Å². The molecular formula is C23H29ClFN3O3. The Morgan fingerprint density at radius 1 is 1.35 bits per heavy atom. The molecule has 2 aliphatic heterocycles. The zero-order chi connectivity index (χ0) is 22.0. The van der Waals surface area contributed by atoms with Gasteiger partial charge in [-0.3, -0.25) is 19.4 Å². The minimum atomic E-state index is -0.495. The van der Waals surface area contributed by atoms with E-state index in [0.717, 1.165) is 32.4 Å². The van der Waals surface area contributed by atoms with Crippen molar-refractivity contribution in [2.45, 2.75) is 37.8 Å². The predicted octanol–water partition coefficient (Wildman–Crippen LogP) is 2.10. The van der Waals surface area contributed by atoms with Gasteiger partial charge in [-0.15, -0.1) is 0 Å². The number of carbonyl (C=O) groups excluding carboxylic acids is 2. The number of piperazine rings is 1. The van der Waals surface area contributed by atoms with Gasteiger partial charge in [-0.25, -0.2) is 4.39 Å². The van der Waals surface area contributed by atoms with Crippen LogP contribution in [0.1, 0.15) is 31.2 Å². The van der Waals surface area contributed by atoms with Crippen LogP contribution in [-0.2, 0) is 9.59 Å². The first kappa shape index (κ1) is 22.4. The lowest BCUT2D eigenvalue weighted by molar-refractivity contribution is -0.124. The lowest BCUT2D eigenvalue weighted by atomic mass is 9.89. The van der Waals surface area contributed by atoms with Crippen LogP contribution in [0.5, 0.6) is 0 Å². The fraction of sp³-hybridized carbons (Fsp3) is 0.565. The molecule has 1 spiro atoms. The van der Waals surface area contributed by atoms with Crippen molar-refractivity contribution in [3.05, 3.63) is 40.7 Å². The number of amides is 1. The summed E-state index contributed by atoms with van der Waals surface area (Å²) in [7, 11) is 0. The second kappa shape index (κ2) is 9.36. The summed E-state index contributed by atoms with van der Waals surface area (Å²) in [5.74, 6) is -0.544. The van der Waals surface area contributed by atoms with E-state index in [2.05, 4.69) is 15.1 Å². The van der Waals surface area contributed by atoms with Gasteiger partial charge in [0.15, 0.2) is 5.78 Å². The number of nitrogens with zero attached hydrogens (tertiary/aromatic N) is 2. The van der Waals surface area contributed by atoms with Crippen LogP contribution in [0.2, 0.25) is 5.02 Å². The SMILES string of the molecule is O=C1CN(CCC(C(=O)/C=C/c2ccc(F)c(Cl)c2)N2CCC3(CC3)[C@H](O)C2)CCN1. The highest BCUT2D eigenvalue weighted by atomic mass is 35.5. The molecule has 3 aliphatic rings. The molecule has 1 aromatic rings. The topological polar surface area (TPSA) is 72.9 Å². The van der Waals surface area contributed by atoms with Crippen molar-refractivity contribution in [1.82, 2.24) is 15.1 Å². The number of likely N-dealkylation sites (tertiary alicyclic amines) is 1. The molecule has 1 aromatic carbocycles. The van der Waals surface area contributed by atoms with E-state index < -0.39 is 11.9 Å². The number of carbonyl (C=O) groups is 2. The van der Waals surface area contributed by atoms with Gasteiger partial charge in [-0.1, -0.05) is 23.7 Å². The van der Waals surface area contributed by atoms with E-state index in [1.807, 2.05) is 0 Å². The van der Waals surface area contributed by atoms with Crippen LogP contribution in [0.15, 0.2) is 24.3 Å². The van der Waals surface area contributed by atoms with Crippen molar-refractivity contribution < 1.29 is 19.1 Å². The second-order valence-corrected chi connectivity index (χ2v) is 9.37. The number of rotatable bonds is 7. The number of nitrogens with one attached hydrogen (secondary N) is 1. The Morgan fingerprint density at radius 3 is 2.84 bits per heavy atom. The van der Waals surface area contributed by atoms with Crippen molar-refractivity contribution in [3.8, 4) is 0 Å². The quantitative estimate of drug-likeness (QED) is 0.624. The molecule has 2 saturated heterocycles. The van der Waals surface area contributed by atoms with E-state index in [4.69, 9.17) is 11.6 Å². The highest BCUT2D eigenvalue weighted by Crippen LogP contribution is 2.53. The van der Waals surface area contributed by atoms with Gasteiger partial charge in [0, 0.05) is 26.2 Å². The number of hydrogen-bond acceptors (Lipinski definition) is 5. The fourth-order valence-electron chi connectivity index (χ4n) is 4.66. The van der Waals surface area contributed by atoms with Gasteiger partial charge in [0.05, 0.1) is 23.7 Å². The lowest BCUT2D eigenvalue weighted by Gasteiger charge is -2.40. The maximum atomic E-state index is 13.4. The molecule has 4 rings (SSSR count). The Balaban J connectivity index is 1.45. The van der Waals surface area contributed by atoms with E-state index in [1.54, 1.807) is 12.1 Å². The number of halogens is 2. The molecule has 1 aliphatic carbocycles. The van der Waals surface area contributed by atoms with Crippen LogP contribution in [0.25, 0.3) is 6.08 Å². The Labute approximate surface area is 187 Å². The summed E-state index contributed by atoms with van der Waals surface area (Å²) >= 11 is 5.84. The van der Waals surface area contributed by atoms with Gasteiger partial charge in [0.1, 0.15) is 5.82 Å². The molecule has 1 saturated carbocycles. The van der Waals surface area contributed by atoms with Crippen LogP contribution in [0.4, 0.5) is 4.39 Å². The minimum absolute atomic E-state index is 0.00582. The molecule has 0 aromatic heterocycles. The van der Waals surface area contributed by atoms with Crippen molar-refractivity contribution in [2.24, 2.45) is 5.41 Å². The van der Waals surface area contributed by atoms with Crippen LogP contribution in [-0.4, -0.2) is 78.0 Å². The lowest BCUT2D eigenvalue weighted by Crippen LogP contribution is -2.53. The molecule has 0 bridgehead atoms. The number of aliphatic hydroxyl groups excluding tert-OH is 1. The van der Waals surface area contributed by atoms with E-state index in [9.17, 15) is 19.1 Å². The number of benzene rings is 1. The summed E-state index contributed by atoms with van der Waals surface area (Å²) in [5.41, 5.74) is 0.720. The average Bonchev–Trinajstić information content (AvgIpc) is 3.52.